The molecule has 1 aromatic rings. The maximum absolute atomic E-state index is 12.8. The number of carbonyl (C=O) groups excluding carboxylic acids is 1. The lowest BCUT2D eigenvalue weighted by molar-refractivity contribution is -0.286. The summed E-state index contributed by atoms with van der Waals surface area (Å²) < 4.78 is 39.0. The predicted octanol–water partition coefficient (Wildman–Crippen LogP) is 2.54. The van der Waals surface area contributed by atoms with Crippen LogP contribution >= 0.6 is 0 Å². The van der Waals surface area contributed by atoms with Gasteiger partial charge in [0.15, 0.2) is 11.5 Å². The summed E-state index contributed by atoms with van der Waals surface area (Å²) >= 11 is 0. The second kappa shape index (κ2) is 5.36. The van der Waals surface area contributed by atoms with Crippen LogP contribution in [0, 0.1) is 0 Å². The van der Waals surface area contributed by atoms with Crippen molar-refractivity contribution < 1.29 is 27.8 Å². The molecule has 1 aliphatic heterocycles. The average molecular weight is 285 g/mol. The number of fused-ring (bicyclic) bond motifs is 1. The van der Waals surface area contributed by atoms with Gasteiger partial charge in [0.1, 0.15) is 0 Å². The molecule has 0 spiro atoms. The molecule has 0 unspecified atom stereocenters. The Bertz CT molecular complexity index is 545. The van der Waals surface area contributed by atoms with Crippen LogP contribution in [0.25, 0.3) is 0 Å². The molecule has 0 fully saturated rings. The van der Waals surface area contributed by atoms with Crippen LogP contribution in [0.3, 0.4) is 0 Å². The van der Waals surface area contributed by atoms with Gasteiger partial charge in [-0.15, -0.1) is 8.78 Å². The van der Waals surface area contributed by atoms with Crippen LogP contribution in [0.4, 0.5) is 14.5 Å². The van der Waals surface area contributed by atoms with E-state index < -0.39 is 12.3 Å². The molecule has 0 amide bonds. The second-order valence-corrected chi connectivity index (χ2v) is 4.01. The van der Waals surface area contributed by atoms with Crippen molar-refractivity contribution in [2.45, 2.75) is 13.2 Å². The van der Waals surface area contributed by atoms with Crippen LogP contribution in [0.5, 0.6) is 11.5 Å². The highest BCUT2D eigenvalue weighted by atomic mass is 19.3. The van der Waals surface area contributed by atoms with Crippen LogP contribution < -0.4 is 14.8 Å². The minimum absolute atomic E-state index is 0.0373. The van der Waals surface area contributed by atoms with Crippen LogP contribution in [-0.4, -0.2) is 25.4 Å². The summed E-state index contributed by atoms with van der Waals surface area (Å²) in [5, 5.41) is 2.86. The summed E-state index contributed by atoms with van der Waals surface area (Å²) in [5.74, 6) is -0.612. The molecule has 5 nitrogen and oxygen atoms in total. The van der Waals surface area contributed by atoms with Crippen molar-refractivity contribution in [3.8, 4) is 11.5 Å². The number of hydrogen-bond donors (Lipinski definition) is 1. The molecule has 0 bridgehead atoms. The summed E-state index contributed by atoms with van der Waals surface area (Å²) in [6, 6.07) is 4.24. The van der Waals surface area contributed by atoms with Crippen LogP contribution in [0.1, 0.15) is 6.92 Å². The first-order valence-corrected chi connectivity index (χ1v) is 5.90. The fraction of sp³-hybridized carbons (Fsp3) is 0.308. The molecule has 1 aliphatic rings. The molecule has 1 N–H and O–H groups in total. The Balaban J connectivity index is 1.96. The molecule has 20 heavy (non-hydrogen) atoms. The van der Waals surface area contributed by atoms with Crippen LogP contribution in [0.2, 0.25) is 0 Å². The Morgan fingerprint density at radius 2 is 2.10 bits per heavy atom. The van der Waals surface area contributed by atoms with E-state index in [9.17, 15) is 13.6 Å². The first-order chi connectivity index (χ1) is 9.41. The van der Waals surface area contributed by atoms with Gasteiger partial charge in [0, 0.05) is 23.9 Å². The molecule has 0 saturated carbocycles. The molecule has 0 saturated heterocycles. The smallest absolute Gasteiger partial charge is 0.463 e. The molecule has 0 aliphatic carbocycles. The van der Waals surface area contributed by atoms with Gasteiger partial charge < -0.3 is 19.5 Å². The minimum Gasteiger partial charge on any atom is -0.463 e. The van der Waals surface area contributed by atoms with Crippen molar-refractivity contribution in [2.75, 3.05) is 18.5 Å². The first kappa shape index (κ1) is 14.1. The third-order valence-electron chi connectivity index (χ3n) is 2.47. The summed E-state index contributed by atoms with van der Waals surface area (Å²) in [6.07, 6.45) is -3.64. The van der Waals surface area contributed by atoms with Gasteiger partial charge in [-0.1, -0.05) is 6.58 Å². The highest BCUT2D eigenvalue weighted by Crippen LogP contribution is 2.42. The maximum atomic E-state index is 12.8. The van der Waals surface area contributed by atoms with Gasteiger partial charge >= 0.3 is 12.3 Å². The van der Waals surface area contributed by atoms with Crippen molar-refractivity contribution in [3.63, 3.8) is 0 Å². The van der Waals surface area contributed by atoms with Crippen LogP contribution in [0.15, 0.2) is 30.4 Å². The summed E-state index contributed by atoms with van der Waals surface area (Å²) in [4.78, 5) is 11.3. The molecule has 0 aromatic heterocycles. The summed E-state index contributed by atoms with van der Waals surface area (Å²) in [7, 11) is 0. The SMILES string of the molecule is C=C(CNc1ccc2c(c1)OC(F)(F)O2)C(=O)OCC. The van der Waals surface area contributed by atoms with Gasteiger partial charge in [-0.05, 0) is 19.1 Å². The monoisotopic (exact) mass is 285 g/mol. The fourth-order valence-electron chi connectivity index (χ4n) is 1.57. The highest BCUT2D eigenvalue weighted by molar-refractivity contribution is 5.88. The number of benzene rings is 1. The number of esters is 1. The van der Waals surface area contributed by atoms with Crippen molar-refractivity contribution in [3.05, 3.63) is 30.4 Å². The number of halogens is 2. The molecular weight excluding hydrogens is 272 g/mol. The van der Waals surface area contributed by atoms with E-state index in [1.807, 2.05) is 0 Å². The summed E-state index contributed by atoms with van der Waals surface area (Å²) in [6.45, 7) is 5.66. The zero-order chi connectivity index (χ0) is 14.8. The van der Waals surface area contributed by atoms with E-state index in [1.165, 1.54) is 18.2 Å². The van der Waals surface area contributed by atoms with Crippen molar-refractivity contribution in [1.82, 2.24) is 0 Å². The number of rotatable bonds is 5. The van der Waals surface area contributed by atoms with Gasteiger partial charge in [-0.25, -0.2) is 4.79 Å². The molecule has 2 rings (SSSR count). The van der Waals surface area contributed by atoms with Gasteiger partial charge in [0.2, 0.25) is 0 Å². The van der Waals surface area contributed by atoms with Crippen molar-refractivity contribution >= 4 is 11.7 Å². The molecule has 1 aromatic carbocycles. The first-order valence-electron chi connectivity index (χ1n) is 5.90. The topological polar surface area (TPSA) is 56.8 Å². The standard InChI is InChI=1S/C13H13F2NO4/c1-3-18-12(17)8(2)7-16-9-4-5-10-11(6-9)20-13(14,15)19-10/h4-6,16H,2-3,7H2,1H3. The normalized spacial score (nSPS) is 14.8. The van der Waals surface area contributed by atoms with Gasteiger partial charge in [0.05, 0.1) is 6.61 Å². The second-order valence-electron chi connectivity index (χ2n) is 4.01. The van der Waals surface area contributed by atoms with Gasteiger partial charge in [0.25, 0.3) is 0 Å². The number of anilines is 1. The largest absolute Gasteiger partial charge is 0.586 e. The lowest BCUT2D eigenvalue weighted by atomic mass is 10.2. The Morgan fingerprint density at radius 3 is 2.80 bits per heavy atom. The lowest BCUT2D eigenvalue weighted by Crippen LogP contribution is -2.25. The minimum atomic E-state index is -3.64. The Hall–Kier alpha value is -2.31. The Labute approximate surface area is 114 Å². The van der Waals surface area contributed by atoms with E-state index in [4.69, 9.17) is 4.74 Å². The molecular formula is C13H13F2NO4. The number of ether oxygens (including phenoxy) is 3. The van der Waals surface area contributed by atoms with E-state index in [0.717, 1.165) is 0 Å². The van der Waals surface area contributed by atoms with E-state index in [-0.39, 0.29) is 30.2 Å². The third kappa shape index (κ3) is 3.17. The number of alkyl halides is 2. The van der Waals surface area contributed by atoms with Crippen molar-refractivity contribution in [1.29, 1.82) is 0 Å². The zero-order valence-corrected chi connectivity index (χ0v) is 10.7. The maximum Gasteiger partial charge on any atom is 0.586 e. The molecule has 1 heterocycles. The highest BCUT2D eigenvalue weighted by Gasteiger charge is 2.43. The van der Waals surface area contributed by atoms with Crippen LogP contribution in [-0.2, 0) is 9.53 Å². The fourth-order valence-corrected chi connectivity index (χ4v) is 1.57. The molecule has 7 heteroatoms. The number of carbonyl (C=O) groups is 1. The number of nitrogens with one attached hydrogen (secondary N) is 1. The quantitative estimate of drug-likeness (QED) is 0.665. The molecule has 0 radical (unpaired) electrons. The van der Waals surface area contributed by atoms with Gasteiger partial charge in [-0.3, -0.25) is 0 Å². The third-order valence-corrected chi connectivity index (χ3v) is 2.47. The van der Waals surface area contributed by atoms with E-state index in [1.54, 1.807) is 6.92 Å². The Morgan fingerprint density at radius 1 is 1.40 bits per heavy atom. The van der Waals surface area contributed by atoms with E-state index >= 15 is 0 Å². The zero-order valence-electron chi connectivity index (χ0n) is 10.7. The van der Waals surface area contributed by atoms with Crippen molar-refractivity contribution in [2.24, 2.45) is 0 Å². The van der Waals surface area contributed by atoms with Gasteiger partial charge in [-0.2, -0.15) is 0 Å². The van der Waals surface area contributed by atoms with E-state index in [0.29, 0.717) is 5.69 Å². The molecule has 0 atom stereocenters. The predicted molar refractivity (Wildman–Crippen MR) is 66.9 cm³/mol. The van der Waals surface area contributed by atoms with E-state index in [2.05, 4.69) is 21.4 Å². The summed E-state index contributed by atoms with van der Waals surface area (Å²) in [5.41, 5.74) is 0.727. The average Bonchev–Trinajstić information content (AvgIpc) is 2.69. The number of hydrogen-bond acceptors (Lipinski definition) is 5. The molecule has 108 valence electrons. The lowest BCUT2D eigenvalue weighted by Gasteiger charge is -2.08. The Kier molecular flexibility index (Phi) is 3.78.